The fraction of sp³-hybridized carbons (Fsp3) is 0.217. The van der Waals surface area contributed by atoms with E-state index in [4.69, 9.17) is 0 Å². The minimum absolute atomic E-state index is 0.0218. The largest absolute Gasteiger partial charge is 0.545 e. The number of amides is 1. The molecule has 0 bridgehead atoms. The van der Waals surface area contributed by atoms with Crippen molar-refractivity contribution in [3.05, 3.63) is 76.9 Å². The molecule has 2 heterocycles. The van der Waals surface area contributed by atoms with Crippen LogP contribution in [-0.4, -0.2) is 11.9 Å². The van der Waals surface area contributed by atoms with Gasteiger partial charge >= 0.3 is 0 Å². The summed E-state index contributed by atoms with van der Waals surface area (Å²) >= 11 is 0. The molecule has 0 N–H and O–H groups in total. The maximum atomic E-state index is 13.4. The van der Waals surface area contributed by atoms with E-state index >= 15 is 0 Å². The first-order valence-corrected chi connectivity index (χ1v) is 9.10. The molecule has 134 valence electrons. The molecule has 4 heteroatoms. The van der Waals surface area contributed by atoms with Crippen molar-refractivity contribution in [3.63, 3.8) is 0 Å². The van der Waals surface area contributed by atoms with Crippen molar-refractivity contribution in [2.24, 2.45) is 0 Å². The van der Waals surface area contributed by atoms with Crippen LogP contribution in [0, 0.1) is 0 Å². The first kappa shape index (κ1) is 16.1. The lowest BCUT2D eigenvalue weighted by Crippen LogP contribution is -2.39. The summed E-state index contributed by atoms with van der Waals surface area (Å²) in [5, 5.41) is 13.7. The van der Waals surface area contributed by atoms with Crippen LogP contribution in [0.5, 0.6) is 0 Å². The van der Waals surface area contributed by atoms with Gasteiger partial charge in [-0.25, -0.2) is 0 Å². The van der Waals surface area contributed by atoms with E-state index in [1.165, 1.54) is 6.07 Å². The lowest BCUT2D eigenvalue weighted by Gasteiger charge is -2.42. The van der Waals surface area contributed by atoms with Gasteiger partial charge in [0.15, 0.2) is 0 Å². The van der Waals surface area contributed by atoms with Crippen LogP contribution in [0.15, 0.2) is 54.6 Å². The number of hydrogen-bond donors (Lipinski definition) is 0. The highest BCUT2D eigenvalue weighted by Gasteiger charge is 2.47. The van der Waals surface area contributed by atoms with Crippen molar-refractivity contribution in [1.29, 1.82) is 0 Å². The molecule has 4 nitrogen and oxygen atoms in total. The Balaban J connectivity index is 1.85. The molecule has 3 aromatic rings. The maximum absolute atomic E-state index is 13.4. The van der Waals surface area contributed by atoms with Gasteiger partial charge in [-0.15, -0.1) is 0 Å². The number of carboxylic acid groups (broad SMARTS) is 1. The lowest BCUT2D eigenvalue weighted by molar-refractivity contribution is -0.255. The van der Waals surface area contributed by atoms with E-state index in [-0.39, 0.29) is 28.5 Å². The van der Waals surface area contributed by atoms with E-state index < -0.39 is 5.97 Å². The molecule has 0 radical (unpaired) electrons. The summed E-state index contributed by atoms with van der Waals surface area (Å²) < 4.78 is 0. The molecule has 2 aliphatic rings. The minimum atomic E-state index is -1.31. The number of benzene rings is 3. The highest BCUT2D eigenvalue weighted by atomic mass is 16.4. The van der Waals surface area contributed by atoms with Gasteiger partial charge in [0.05, 0.1) is 23.3 Å². The zero-order chi connectivity index (χ0) is 18.9. The number of nitrogens with zero attached hydrogens (tertiary/aromatic N) is 1. The summed E-state index contributed by atoms with van der Waals surface area (Å²) in [6, 6.07) is 17.1. The van der Waals surface area contributed by atoms with Gasteiger partial charge in [0.25, 0.3) is 5.91 Å². The third kappa shape index (κ3) is 2.04. The van der Waals surface area contributed by atoms with E-state index in [0.717, 1.165) is 34.0 Å². The molecule has 2 aliphatic heterocycles. The number of carboxylic acids is 1. The van der Waals surface area contributed by atoms with E-state index in [0.29, 0.717) is 0 Å². The summed E-state index contributed by atoms with van der Waals surface area (Å²) in [7, 11) is 0. The highest BCUT2D eigenvalue weighted by Crippen LogP contribution is 2.54. The van der Waals surface area contributed by atoms with Gasteiger partial charge in [-0.05, 0) is 28.3 Å². The molecular weight excluding hydrogens is 338 g/mol. The molecule has 1 atom stereocenters. The van der Waals surface area contributed by atoms with E-state index in [1.54, 1.807) is 11.0 Å². The third-order valence-corrected chi connectivity index (χ3v) is 5.99. The van der Waals surface area contributed by atoms with Gasteiger partial charge in [0.2, 0.25) is 0 Å². The average Bonchev–Trinajstić information content (AvgIpc) is 2.92. The van der Waals surface area contributed by atoms with E-state index in [2.05, 4.69) is 26.0 Å². The van der Waals surface area contributed by atoms with Crippen molar-refractivity contribution >= 4 is 28.3 Å². The molecule has 3 aromatic carbocycles. The predicted octanol–water partition coefficient (Wildman–Crippen LogP) is 3.59. The molecule has 0 fully saturated rings. The molecule has 27 heavy (non-hydrogen) atoms. The van der Waals surface area contributed by atoms with Gasteiger partial charge in [0, 0.05) is 10.9 Å². The van der Waals surface area contributed by atoms with Crippen LogP contribution in [0.3, 0.4) is 0 Å². The first-order chi connectivity index (χ1) is 12.9. The Morgan fingerprint density at radius 1 is 1.07 bits per heavy atom. The molecule has 0 saturated heterocycles. The van der Waals surface area contributed by atoms with Crippen molar-refractivity contribution in [1.82, 2.24) is 0 Å². The molecule has 1 amide bonds. The summed E-state index contributed by atoms with van der Waals surface area (Å²) in [6.07, 6.45) is 0.744. The average molecular weight is 356 g/mol. The van der Waals surface area contributed by atoms with Crippen molar-refractivity contribution in [2.75, 3.05) is 4.90 Å². The van der Waals surface area contributed by atoms with Gasteiger partial charge in [-0.3, -0.25) is 9.69 Å². The summed E-state index contributed by atoms with van der Waals surface area (Å²) in [4.78, 5) is 26.8. The number of rotatable bonds is 1. The lowest BCUT2D eigenvalue weighted by atomic mass is 9.73. The Morgan fingerprint density at radius 2 is 1.85 bits per heavy atom. The molecule has 1 unspecified atom stereocenters. The second-order valence-corrected chi connectivity index (χ2v) is 8.02. The number of hydrogen-bond acceptors (Lipinski definition) is 3. The van der Waals surface area contributed by atoms with Crippen molar-refractivity contribution in [2.45, 2.75) is 31.7 Å². The Bertz CT molecular complexity index is 1150. The second-order valence-electron chi connectivity index (χ2n) is 8.02. The predicted molar refractivity (Wildman–Crippen MR) is 102 cm³/mol. The third-order valence-electron chi connectivity index (χ3n) is 5.99. The topological polar surface area (TPSA) is 60.4 Å². The van der Waals surface area contributed by atoms with Crippen molar-refractivity contribution < 1.29 is 14.7 Å². The number of aromatic carboxylic acids is 1. The molecule has 0 saturated carbocycles. The van der Waals surface area contributed by atoms with Crippen molar-refractivity contribution in [3.8, 4) is 0 Å². The normalized spacial score (nSPS) is 19.6. The van der Waals surface area contributed by atoms with Crippen LogP contribution >= 0.6 is 0 Å². The van der Waals surface area contributed by atoms with Gasteiger partial charge < -0.3 is 9.90 Å². The van der Waals surface area contributed by atoms with Gasteiger partial charge in [-0.1, -0.05) is 68.4 Å². The van der Waals surface area contributed by atoms with Crippen LogP contribution < -0.4 is 10.0 Å². The Morgan fingerprint density at radius 3 is 2.63 bits per heavy atom. The number of carbonyl (C=O) groups is 2. The smallest absolute Gasteiger partial charge is 0.259 e. The molecule has 0 aliphatic carbocycles. The molecule has 5 rings (SSSR count). The fourth-order valence-electron chi connectivity index (χ4n) is 4.77. The highest BCUT2D eigenvalue weighted by molar-refractivity contribution is 6.19. The quantitative estimate of drug-likeness (QED) is 0.669. The standard InChI is InChI=1S/C23H19NO3/c1-23(2)12-18-15-8-5-9-16(22(26)27)19(15)21(25)24(18)20-14-7-4-3-6-13(14)10-11-17(20)23/h3-11,18H,12H2,1-2H3,(H,26,27)/p-1. The fourth-order valence-corrected chi connectivity index (χ4v) is 4.77. The summed E-state index contributed by atoms with van der Waals surface area (Å²) in [5.41, 5.74) is 2.92. The zero-order valence-corrected chi connectivity index (χ0v) is 15.2. The molecule has 0 aromatic heterocycles. The van der Waals surface area contributed by atoms with Gasteiger partial charge in [-0.2, -0.15) is 0 Å². The molecule has 0 spiro atoms. The summed E-state index contributed by atoms with van der Waals surface area (Å²) in [6.45, 7) is 4.37. The Labute approximate surface area is 157 Å². The number of carbonyl (C=O) groups excluding carboxylic acids is 2. The molecular formula is C23H18NO3-. The number of anilines is 1. The second kappa shape index (κ2) is 5.19. The zero-order valence-electron chi connectivity index (χ0n) is 15.2. The monoisotopic (exact) mass is 356 g/mol. The van der Waals surface area contributed by atoms with Crippen LogP contribution in [0.4, 0.5) is 5.69 Å². The Hall–Kier alpha value is -3.14. The Kier molecular flexibility index (Phi) is 3.09. The van der Waals surface area contributed by atoms with E-state index in [9.17, 15) is 14.7 Å². The maximum Gasteiger partial charge on any atom is 0.259 e. The number of fused-ring (bicyclic) bond motifs is 7. The first-order valence-electron chi connectivity index (χ1n) is 9.10. The van der Waals surface area contributed by atoms with Crippen LogP contribution in [0.25, 0.3) is 10.8 Å². The van der Waals surface area contributed by atoms with Crippen LogP contribution in [0.1, 0.15) is 58.2 Å². The van der Waals surface area contributed by atoms with Gasteiger partial charge in [0.1, 0.15) is 0 Å². The SMILES string of the molecule is CC1(C)CC2c3cccc(C(=O)[O-])c3C(=O)N2c2c1ccc1ccccc21. The minimum Gasteiger partial charge on any atom is -0.545 e. The van der Waals surface area contributed by atoms with Crippen LogP contribution in [0.2, 0.25) is 0 Å². The van der Waals surface area contributed by atoms with Crippen LogP contribution in [-0.2, 0) is 5.41 Å². The summed E-state index contributed by atoms with van der Waals surface area (Å²) in [5.74, 6) is -1.56. The van der Waals surface area contributed by atoms with E-state index in [1.807, 2.05) is 30.3 Å².